The number of amides is 1. The lowest BCUT2D eigenvalue weighted by Crippen LogP contribution is -2.44. The zero-order chi connectivity index (χ0) is 28.8. The van der Waals surface area contributed by atoms with Gasteiger partial charge in [0.2, 0.25) is 0 Å². The van der Waals surface area contributed by atoms with Crippen molar-refractivity contribution in [3.8, 4) is 11.8 Å². The number of benzene rings is 2. The summed E-state index contributed by atoms with van der Waals surface area (Å²) >= 11 is 0. The molecule has 0 bridgehead atoms. The molecule has 8 heteroatoms. The molecule has 3 heterocycles. The summed E-state index contributed by atoms with van der Waals surface area (Å²) in [6, 6.07) is 16.8. The third-order valence-electron chi connectivity index (χ3n) is 7.89. The van der Waals surface area contributed by atoms with E-state index in [2.05, 4.69) is 31.9 Å². The van der Waals surface area contributed by atoms with E-state index < -0.39 is 5.92 Å². The molecule has 0 atom stereocenters. The quantitative estimate of drug-likeness (QED) is 0.362. The average Bonchev–Trinajstić information content (AvgIpc) is 2.98. The van der Waals surface area contributed by atoms with Gasteiger partial charge in [0, 0.05) is 76.0 Å². The molecule has 5 nitrogen and oxygen atoms in total. The first-order chi connectivity index (χ1) is 19.7. The number of hydrogen-bond acceptors (Lipinski definition) is 4. The Hall–Kier alpha value is -3.83. The lowest BCUT2D eigenvalue weighted by Gasteiger charge is -2.32. The van der Waals surface area contributed by atoms with E-state index in [1.165, 1.54) is 24.3 Å². The highest BCUT2D eigenvalue weighted by atomic mass is 19.3. The highest BCUT2D eigenvalue weighted by Gasteiger charge is 2.25. The Morgan fingerprint density at radius 3 is 2.34 bits per heavy atom. The van der Waals surface area contributed by atoms with Crippen LogP contribution in [0.5, 0.6) is 0 Å². The van der Waals surface area contributed by atoms with Crippen molar-refractivity contribution in [1.29, 1.82) is 0 Å². The van der Waals surface area contributed by atoms with Gasteiger partial charge in [-0.15, -0.1) is 0 Å². The molecule has 5 rings (SSSR count). The number of aromatic nitrogens is 1. The molecule has 1 amide bonds. The zero-order valence-corrected chi connectivity index (χ0v) is 23.3. The van der Waals surface area contributed by atoms with Crippen molar-refractivity contribution in [3.05, 3.63) is 95.1 Å². The van der Waals surface area contributed by atoms with Crippen LogP contribution in [0, 0.1) is 23.6 Å². The van der Waals surface area contributed by atoms with Gasteiger partial charge in [-0.2, -0.15) is 0 Å². The first-order valence-corrected chi connectivity index (χ1v) is 14.2. The van der Waals surface area contributed by atoms with Crippen molar-refractivity contribution in [1.82, 2.24) is 15.2 Å². The minimum atomic E-state index is -2.83. The van der Waals surface area contributed by atoms with Crippen LogP contribution in [0.4, 0.5) is 18.9 Å². The molecule has 41 heavy (non-hydrogen) atoms. The Morgan fingerprint density at radius 1 is 1.00 bits per heavy atom. The van der Waals surface area contributed by atoms with Gasteiger partial charge >= 0.3 is 0 Å². The lowest BCUT2D eigenvalue weighted by atomic mass is 9.96. The second-order valence-corrected chi connectivity index (χ2v) is 11.0. The van der Waals surface area contributed by atoms with Gasteiger partial charge in [0.15, 0.2) is 0 Å². The van der Waals surface area contributed by atoms with Crippen LogP contribution in [0.25, 0.3) is 0 Å². The van der Waals surface area contributed by atoms with Crippen molar-refractivity contribution < 1.29 is 19.4 Å². The summed E-state index contributed by atoms with van der Waals surface area (Å²) in [5.41, 5.74) is 3.18. The molecule has 0 radical (unpaired) electrons. The molecule has 3 aromatic rings. The number of anilines is 1. The predicted octanol–water partition coefficient (Wildman–Crippen LogP) is 6.24. The van der Waals surface area contributed by atoms with Crippen LogP contribution in [-0.2, 0) is 12.5 Å². The summed E-state index contributed by atoms with van der Waals surface area (Å²) in [5, 5.41) is 3.12. The Bertz CT molecular complexity index is 1380. The number of rotatable bonds is 6. The topological polar surface area (TPSA) is 48.5 Å². The number of piperidine rings is 2. The van der Waals surface area contributed by atoms with E-state index in [0.29, 0.717) is 5.69 Å². The number of carbonyl (C=O) groups excluding carboxylic acids is 1. The summed E-state index contributed by atoms with van der Waals surface area (Å²) in [6.07, 6.45) is 5.09. The Kier molecular flexibility index (Phi) is 8.94. The summed E-state index contributed by atoms with van der Waals surface area (Å²) in [4.78, 5) is 21.7. The molecule has 2 aliphatic heterocycles. The molecule has 0 saturated carbocycles. The van der Waals surface area contributed by atoms with Crippen molar-refractivity contribution in [2.24, 2.45) is 5.92 Å². The fourth-order valence-electron chi connectivity index (χ4n) is 5.41. The van der Waals surface area contributed by atoms with E-state index in [-0.39, 0.29) is 30.7 Å². The maximum Gasteiger partial charge on any atom is 0.270 e. The van der Waals surface area contributed by atoms with Gasteiger partial charge in [-0.1, -0.05) is 36.1 Å². The van der Waals surface area contributed by atoms with Crippen LogP contribution in [0.3, 0.4) is 0 Å². The summed E-state index contributed by atoms with van der Waals surface area (Å²) in [5.74, 6) is 3.56. The molecule has 0 unspecified atom stereocenters. The van der Waals surface area contributed by atoms with E-state index >= 15 is 0 Å². The average molecular weight is 563 g/mol. The number of alkyl halides is 2. The van der Waals surface area contributed by atoms with Gasteiger partial charge in [-0.25, -0.2) is 13.2 Å². The molecular formula is C33H37F3N4O. The lowest BCUT2D eigenvalue weighted by molar-refractivity contribution is 0.0175. The highest BCUT2D eigenvalue weighted by Crippen LogP contribution is 2.30. The van der Waals surface area contributed by atoms with Crippen molar-refractivity contribution in [2.45, 2.75) is 51.1 Å². The molecular weight excluding hydrogens is 525 g/mol. The first-order valence-electron chi connectivity index (χ1n) is 14.2. The van der Waals surface area contributed by atoms with E-state index in [4.69, 9.17) is 0 Å². The van der Waals surface area contributed by atoms with Gasteiger partial charge in [-0.3, -0.25) is 14.7 Å². The summed E-state index contributed by atoms with van der Waals surface area (Å²) < 4.78 is 40.1. The molecule has 2 saturated heterocycles. The molecule has 216 valence electrons. The molecule has 2 aromatic carbocycles. The number of halogens is 3. The Morgan fingerprint density at radius 2 is 1.68 bits per heavy atom. The molecule has 2 aliphatic rings. The second-order valence-electron chi connectivity index (χ2n) is 11.0. The number of likely N-dealkylation sites (tertiary alicyclic amines) is 1. The van der Waals surface area contributed by atoms with Gasteiger partial charge in [0.1, 0.15) is 11.5 Å². The van der Waals surface area contributed by atoms with Crippen molar-refractivity contribution >= 4 is 11.6 Å². The third-order valence-corrected chi connectivity index (χ3v) is 7.89. The minimum Gasteiger partial charge on any atom is -0.371 e. The van der Waals surface area contributed by atoms with Crippen molar-refractivity contribution in [2.75, 3.05) is 31.1 Å². The number of hydrogen-bond donors (Lipinski definition) is 1. The highest BCUT2D eigenvalue weighted by molar-refractivity contribution is 5.92. The maximum atomic E-state index is 13.5. The molecule has 1 N–H and O–H groups in total. The first kappa shape index (κ1) is 28.7. The van der Waals surface area contributed by atoms with E-state index in [1.807, 2.05) is 18.2 Å². The Balaban J connectivity index is 0.00000405. The number of nitrogens with one attached hydrogen (secondary N) is 1. The SMILES string of the molecule is CC(F)(F)c1ccc(N2CCC(C#Cc3ccnc(C(=O)NC4CCN(Cc5ccc(F)cc5)CC4)c3)CC2)cc1.[HH]. The minimum absolute atomic E-state index is 0. The van der Waals surface area contributed by atoms with E-state index in [9.17, 15) is 18.0 Å². The Labute approximate surface area is 241 Å². The molecule has 1 aromatic heterocycles. The molecule has 0 aliphatic carbocycles. The van der Waals surface area contributed by atoms with Crippen LogP contribution in [0.1, 0.15) is 61.2 Å². The van der Waals surface area contributed by atoms with Gasteiger partial charge in [-0.05, 0) is 67.6 Å². The van der Waals surface area contributed by atoms with Crippen LogP contribution in [-0.4, -0.2) is 48.0 Å². The largest absolute Gasteiger partial charge is 0.371 e. The fraction of sp³-hybridized carbons (Fsp3) is 0.394. The smallest absolute Gasteiger partial charge is 0.270 e. The van der Waals surface area contributed by atoms with Crippen LogP contribution in [0.15, 0.2) is 66.9 Å². The monoisotopic (exact) mass is 562 g/mol. The summed E-state index contributed by atoms with van der Waals surface area (Å²) in [6.45, 7) is 5.03. The van der Waals surface area contributed by atoms with Crippen LogP contribution in [0.2, 0.25) is 0 Å². The van der Waals surface area contributed by atoms with Crippen LogP contribution < -0.4 is 10.2 Å². The summed E-state index contributed by atoms with van der Waals surface area (Å²) in [7, 11) is 0. The number of pyridine rings is 1. The number of nitrogens with zero attached hydrogens (tertiary/aromatic N) is 3. The van der Waals surface area contributed by atoms with E-state index in [1.54, 1.807) is 24.4 Å². The van der Waals surface area contributed by atoms with Gasteiger partial charge in [0.25, 0.3) is 11.8 Å². The van der Waals surface area contributed by atoms with Crippen LogP contribution >= 0.6 is 0 Å². The fourth-order valence-corrected chi connectivity index (χ4v) is 5.41. The molecule has 0 spiro atoms. The van der Waals surface area contributed by atoms with Gasteiger partial charge < -0.3 is 10.2 Å². The second kappa shape index (κ2) is 12.8. The molecule has 2 fully saturated rings. The predicted molar refractivity (Wildman–Crippen MR) is 156 cm³/mol. The number of carbonyl (C=O) groups is 1. The van der Waals surface area contributed by atoms with Crippen molar-refractivity contribution in [3.63, 3.8) is 0 Å². The zero-order valence-electron chi connectivity index (χ0n) is 23.3. The standard InChI is InChI=1S/C33H35F3N4O.H2/c1-33(35,36)27-6-10-30(11-7-27)40-20-13-24(14-21-40)2-3-25-12-17-37-31(22-25)32(41)38-29-15-18-39(19-16-29)23-26-4-8-28(34)9-5-26;/h4-12,17,22,24,29H,13-16,18-21,23H2,1H3,(H,38,41);1H. The normalized spacial score (nSPS) is 17.1. The third kappa shape index (κ3) is 7.89. The van der Waals surface area contributed by atoms with E-state index in [0.717, 1.165) is 82.1 Å². The van der Waals surface area contributed by atoms with Gasteiger partial charge in [0.05, 0.1) is 0 Å². The maximum absolute atomic E-state index is 13.5.